The first-order valence-electron chi connectivity index (χ1n) is 10.4. The maximum absolute atomic E-state index is 12.6. The summed E-state index contributed by atoms with van der Waals surface area (Å²) in [5.74, 6) is -0.00153. The van der Waals surface area contributed by atoms with Gasteiger partial charge >= 0.3 is 0 Å². The van der Waals surface area contributed by atoms with Crippen molar-refractivity contribution >= 4 is 72.3 Å². The van der Waals surface area contributed by atoms with Gasteiger partial charge in [0.2, 0.25) is 0 Å². The molecule has 3 aromatic rings. The number of carbonyl (C=O) groups is 1. The van der Waals surface area contributed by atoms with Gasteiger partial charge in [-0.2, -0.15) is 0 Å². The van der Waals surface area contributed by atoms with Crippen LogP contribution in [-0.4, -0.2) is 59.5 Å². The number of anilines is 1. The Labute approximate surface area is 217 Å². The molecule has 1 N–H and O–H groups in total. The highest BCUT2D eigenvalue weighted by molar-refractivity contribution is 8.04. The molecule has 10 heteroatoms. The van der Waals surface area contributed by atoms with Crippen LogP contribution in [0.15, 0.2) is 64.7 Å². The lowest BCUT2D eigenvalue weighted by Crippen LogP contribution is -2.47. The average Bonchev–Trinajstić information content (AvgIpc) is 3.22. The number of imidazole rings is 1. The molecule has 2 aliphatic heterocycles. The Bertz CT molecular complexity index is 1080. The van der Waals surface area contributed by atoms with Crippen LogP contribution in [-0.2, 0) is 4.79 Å². The first-order chi connectivity index (χ1) is 14.8. The van der Waals surface area contributed by atoms with Crippen molar-refractivity contribution in [1.82, 2.24) is 19.6 Å². The average molecular weight is 529 g/mol. The largest absolute Gasteiger partial charge is 0.369 e. The topological polar surface area (TPSA) is 52.9 Å². The lowest BCUT2D eigenvalue weighted by Gasteiger charge is -2.36. The molecule has 1 aromatic carbocycles. The molecule has 4 heterocycles. The molecule has 0 aliphatic carbocycles. The summed E-state index contributed by atoms with van der Waals surface area (Å²) in [4.78, 5) is 22.7. The fourth-order valence-corrected chi connectivity index (χ4v) is 5.07. The van der Waals surface area contributed by atoms with Gasteiger partial charge in [0.1, 0.15) is 5.65 Å². The smallest absolute Gasteiger partial charge is 0.258 e. The van der Waals surface area contributed by atoms with E-state index in [2.05, 4.69) is 54.8 Å². The number of amides is 1. The molecular formula is C23H28Cl3N5OS. The number of rotatable bonds is 6. The Hall–Kier alpha value is -1.90. The molecule has 178 valence electrons. The summed E-state index contributed by atoms with van der Waals surface area (Å²) in [5.41, 5.74) is 3.18. The predicted octanol–water partition coefficient (Wildman–Crippen LogP) is 4.37. The van der Waals surface area contributed by atoms with Gasteiger partial charge in [-0.3, -0.25) is 14.1 Å². The Morgan fingerprint density at radius 2 is 1.73 bits per heavy atom. The van der Waals surface area contributed by atoms with Gasteiger partial charge in [0.15, 0.2) is 0 Å². The van der Waals surface area contributed by atoms with Crippen molar-refractivity contribution in [3.05, 3.63) is 65.3 Å². The Morgan fingerprint density at radius 1 is 0.970 bits per heavy atom. The van der Waals surface area contributed by atoms with E-state index in [1.54, 1.807) is 0 Å². The van der Waals surface area contributed by atoms with Crippen LogP contribution in [0, 0.1) is 0 Å². The van der Waals surface area contributed by atoms with Crippen molar-refractivity contribution in [3.8, 4) is 0 Å². The molecular weight excluding hydrogens is 501 g/mol. The summed E-state index contributed by atoms with van der Waals surface area (Å²) in [6.07, 6.45) is 4.71. The number of halogens is 3. The number of benzene rings is 1. The fourth-order valence-electron chi connectivity index (χ4n) is 4.06. The molecule has 1 amide bonds. The summed E-state index contributed by atoms with van der Waals surface area (Å²) >= 11 is 1.50. The highest BCUT2D eigenvalue weighted by atomic mass is 35.5. The second-order valence-electron chi connectivity index (χ2n) is 7.63. The molecule has 0 saturated carbocycles. The second-order valence-corrected chi connectivity index (χ2v) is 8.69. The van der Waals surface area contributed by atoms with E-state index in [0.29, 0.717) is 6.54 Å². The third-order valence-corrected chi connectivity index (χ3v) is 6.72. The minimum absolute atomic E-state index is 0. The van der Waals surface area contributed by atoms with Crippen molar-refractivity contribution in [2.24, 2.45) is 0 Å². The first kappa shape index (κ1) is 27.3. The van der Waals surface area contributed by atoms with Gasteiger partial charge in [-0.15, -0.1) is 37.2 Å². The molecule has 5 rings (SSSR count). The highest BCUT2D eigenvalue weighted by Crippen LogP contribution is 2.34. The number of carbonyl (C=O) groups excluding carboxylic acids is 1. The number of nitrogens with one attached hydrogen (secondary N) is 1. The number of para-hydroxylation sites is 1. The van der Waals surface area contributed by atoms with E-state index >= 15 is 0 Å². The van der Waals surface area contributed by atoms with Crippen LogP contribution < -0.4 is 10.2 Å². The van der Waals surface area contributed by atoms with E-state index in [9.17, 15) is 4.79 Å². The second kappa shape index (κ2) is 12.5. The lowest BCUT2D eigenvalue weighted by molar-refractivity contribution is -0.116. The van der Waals surface area contributed by atoms with Crippen LogP contribution in [0.1, 0.15) is 12.1 Å². The van der Waals surface area contributed by atoms with Gasteiger partial charge in [-0.05, 0) is 43.3 Å². The molecule has 0 bridgehead atoms. The standard InChI is InChI=1S/C23H25N5OS.3ClH/c29-23(20-16-19-17-25-21-8-4-9-22(30-20)28(19)21)24-10-5-11-26-12-14-27(15-13-26)18-6-2-1-3-7-18;;;/h1-4,6-9,16-17H,5,10-15H2,(H,24,29);3*1H. The Balaban J connectivity index is 0.00000128. The lowest BCUT2D eigenvalue weighted by atomic mass is 10.2. The summed E-state index contributed by atoms with van der Waals surface area (Å²) in [7, 11) is 0. The normalized spacial score (nSPS) is 15.0. The molecule has 2 aliphatic rings. The number of thioether (sulfide) groups is 1. The van der Waals surface area contributed by atoms with Gasteiger partial charge in [-0.1, -0.05) is 36.0 Å². The van der Waals surface area contributed by atoms with Crippen molar-refractivity contribution in [3.63, 3.8) is 0 Å². The Morgan fingerprint density at radius 3 is 2.48 bits per heavy atom. The maximum atomic E-state index is 12.6. The van der Waals surface area contributed by atoms with E-state index in [1.807, 2.05) is 30.5 Å². The monoisotopic (exact) mass is 527 g/mol. The molecule has 33 heavy (non-hydrogen) atoms. The summed E-state index contributed by atoms with van der Waals surface area (Å²) in [6, 6.07) is 16.6. The summed E-state index contributed by atoms with van der Waals surface area (Å²) < 4.78 is 2.08. The van der Waals surface area contributed by atoms with Crippen molar-refractivity contribution in [1.29, 1.82) is 0 Å². The molecule has 2 aromatic heterocycles. The third-order valence-electron chi connectivity index (χ3n) is 5.67. The van der Waals surface area contributed by atoms with E-state index in [1.165, 1.54) is 17.4 Å². The van der Waals surface area contributed by atoms with Crippen LogP contribution in [0.5, 0.6) is 0 Å². The quantitative estimate of drug-likeness (QED) is 0.482. The highest BCUT2D eigenvalue weighted by Gasteiger charge is 2.20. The predicted molar refractivity (Wildman–Crippen MR) is 143 cm³/mol. The van der Waals surface area contributed by atoms with Crippen molar-refractivity contribution in [2.45, 2.75) is 11.4 Å². The summed E-state index contributed by atoms with van der Waals surface area (Å²) in [6.45, 7) is 5.95. The van der Waals surface area contributed by atoms with Crippen LogP contribution in [0.3, 0.4) is 0 Å². The molecule has 0 atom stereocenters. The molecule has 0 unspecified atom stereocenters. The van der Waals surface area contributed by atoms with E-state index in [4.69, 9.17) is 0 Å². The molecule has 6 nitrogen and oxygen atoms in total. The molecule has 1 saturated heterocycles. The zero-order valence-electron chi connectivity index (χ0n) is 18.1. The SMILES string of the molecule is Cl.Cl.Cl.O=C(NCCCN1CCN(c2ccccc2)CC1)C1=Cc2cnc3cccc(n23)S1. The molecule has 1 fully saturated rings. The number of hydrogen-bond acceptors (Lipinski definition) is 5. The first-order valence-corrected chi connectivity index (χ1v) is 11.3. The van der Waals surface area contributed by atoms with Crippen molar-refractivity contribution < 1.29 is 4.79 Å². The number of piperazine rings is 1. The van der Waals surface area contributed by atoms with Crippen molar-refractivity contribution in [2.75, 3.05) is 44.2 Å². The van der Waals surface area contributed by atoms with E-state index in [0.717, 1.165) is 60.4 Å². The van der Waals surface area contributed by atoms with E-state index in [-0.39, 0.29) is 43.1 Å². The van der Waals surface area contributed by atoms with Crippen LogP contribution >= 0.6 is 49.0 Å². The van der Waals surface area contributed by atoms with Crippen LogP contribution in [0.2, 0.25) is 0 Å². The number of nitrogens with zero attached hydrogens (tertiary/aromatic N) is 4. The van der Waals surface area contributed by atoms with Gasteiger partial charge in [-0.25, -0.2) is 4.98 Å². The van der Waals surface area contributed by atoms with Gasteiger partial charge in [0.25, 0.3) is 5.91 Å². The van der Waals surface area contributed by atoms with Crippen LogP contribution in [0.4, 0.5) is 5.69 Å². The minimum Gasteiger partial charge on any atom is -0.369 e. The number of aromatic nitrogens is 2. The zero-order valence-corrected chi connectivity index (χ0v) is 21.3. The minimum atomic E-state index is -0.00153. The molecule has 0 spiro atoms. The van der Waals surface area contributed by atoms with Gasteiger partial charge in [0, 0.05) is 38.4 Å². The van der Waals surface area contributed by atoms with Crippen LogP contribution in [0.25, 0.3) is 11.7 Å². The Kier molecular flexibility index (Phi) is 10.4. The number of pyridine rings is 1. The molecule has 0 radical (unpaired) electrons. The van der Waals surface area contributed by atoms with E-state index < -0.39 is 0 Å². The van der Waals surface area contributed by atoms with Gasteiger partial charge in [0.05, 0.1) is 21.8 Å². The zero-order chi connectivity index (χ0) is 20.3. The number of hydrogen-bond donors (Lipinski definition) is 1. The van der Waals surface area contributed by atoms with Gasteiger partial charge < -0.3 is 10.2 Å². The third kappa shape index (κ3) is 6.16. The summed E-state index contributed by atoms with van der Waals surface area (Å²) in [5, 5.41) is 4.12. The maximum Gasteiger partial charge on any atom is 0.258 e. The fraction of sp³-hybridized carbons (Fsp3) is 0.304.